The molecule has 0 atom stereocenters. The highest BCUT2D eigenvalue weighted by molar-refractivity contribution is 5.88. The van der Waals surface area contributed by atoms with Crippen molar-refractivity contribution >= 4 is 5.97 Å². The Kier molecular flexibility index (Phi) is 6.00. The van der Waals surface area contributed by atoms with Crippen LogP contribution in [0.2, 0.25) is 0 Å². The standard InChI is InChI=1S/C11H21NO2/c1-6-7-12-10(5)9(4)11(13)14-8(2)3/h8,12H,6-7H2,1-5H3/b10-9-. The van der Waals surface area contributed by atoms with Crippen LogP contribution in [0.25, 0.3) is 0 Å². The number of ether oxygens (including phenoxy) is 1. The van der Waals surface area contributed by atoms with E-state index >= 15 is 0 Å². The van der Waals surface area contributed by atoms with E-state index in [2.05, 4.69) is 12.2 Å². The second kappa shape index (κ2) is 6.46. The number of allylic oxidation sites excluding steroid dienone is 1. The topological polar surface area (TPSA) is 38.3 Å². The van der Waals surface area contributed by atoms with Crippen molar-refractivity contribution in [1.29, 1.82) is 0 Å². The van der Waals surface area contributed by atoms with Gasteiger partial charge in [-0.1, -0.05) is 6.92 Å². The summed E-state index contributed by atoms with van der Waals surface area (Å²) >= 11 is 0. The average Bonchev–Trinajstić information content (AvgIpc) is 2.11. The molecule has 82 valence electrons. The lowest BCUT2D eigenvalue weighted by Gasteiger charge is -2.11. The molecule has 0 aromatic rings. The Balaban J connectivity index is 4.25. The largest absolute Gasteiger partial charge is 0.460 e. The van der Waals surface area contributed by atoms with Crippen molar-refractivity contribution in [3.05, 3.63) is 11.3 Å². The number of nitrogens with one attached hydrogen (secondary N) is 1. The van der Waals surface area contributed by atoms with E-state index in [4.69, 9.17) is 4.74 Å². The third-order valence-electron chi connectivity index (χ3n) is 1.85. The van der Waals surface area contributed by atoms with Crippen molar-refractivity contribution in [2.24, 2.45) is 0 Å². The SMILES string of the molecule is CCCN/C(C)=C(/C)C(=O)OC(C)C. The highest BCUT2D eigenvalue weighted by Gasteiger charge is 2.10. The first kappa shape index (κ1) is 13.0. The molecule has 0 aliphatic carbocycles. The van der Waals surface area contributed by atoms with Gasteiger partial charge < -0.3 is 10.1 Å². The molecule has 0 radical (unpaired) electrons. The predicted molar refractivity (Wildman–Crippen MR) is 57.9 cm³/mol. The zero-order valence-corrected chi connectivity index (χ0v) is 9.81. The van der Waals surface area contributed by atoms with Crippen molar-refractivity contribution in [2.75, 3.05) is 6.54 Å². The third-order valence-corrected chi connectivity index (χ3v) is 1.85. The molecule has 0 saturated carbocycles. The van der Waals surface area contributed by atoms with Crippen LogP contribution in [0.4, 0.5) is 0 Å². The maximum atomic E-state index is 11.4. The van der Waals surface area contributed by atoms with Gasteiger partial charge in [-0.15, -0.1) is 0 Å². The van der Waals surface area contributed by atoms with E-state index in [-0.39, 0.29) is 12.1 Å². The molecule has 0 aliphatic heterocycles. The van der Waals surface area contributed by atoms with Crippen molar-refractivity contribution in [2.45, 2.75) is 47.1 Å². The van der Waals surface area contributed by atoms with Crippen molar-refractivity contribution < 1.29 is 9.53 Å². The predicted octanol–water partition coefficient (Wildman–Crippen LogP) is 2.23. The lowest BCUT2D eigenvalue weighted by Crippen LogP contribution is -2.19. The van der Waals surface area contributed by atoms with E-state index in [1.165, 1.54) is 0 Å². The van der Waals surface area contributed by atoms with Crippen LogP contribution in [0.3, 0.4) is 0 Å². The molecule has 0 rings (SSSR count). The van der Waals surface area contributed by atoms with E-state index < -0.39 is 0 Å². The summed E-state index contributed by atoms with van der Waals surface area (Å²) in [5.74, 6) is -0.235. The van der Waals surface area contributed by atoms with Gasteiger partial charge in [0.05, 0.1) is 11.7 Å². The summed E-state index contributed by atoms with van der Waals surface area (Å²) in [6, 6.07) is 0. The van der Waals surface area contributed by atoms with Gasteiger partial charge in [0.2, 0.25) is 0 Å². The fourth-order valence-corrected chi connectivity index (χ4v) is 0.901. The smallest absolute Gasteiger partial charge is 0.335 e. The summed E-state index contributed by atoms with van der Waals surface area (Å²) in [7, 11) is 0. The van der Waals surface area contributed by atoms with E-state index in [0.29, 0.717) is 5.57 Å². The van der Waals surface area contributed by atoms with E-state index in [1.54, 1.807) is 6.92 Å². The molecule has 0 bridgehead atoms. The molecule has 1 N–H and O–H groups in total. The Morgan fingerprint density at radius 3 is 2.36 bits per heavy atom. The molecular formula is C11H21NO2. The molecule has 0 aromatic heterocycles. The molecule has 0 spiro atoms. The maximum Gasteiger partial charge on any atom is 0.335 e. The van der Waals surface area contributed by atoms with E-state index in [1.807, 2.05) is 20.8 Å². The first-order valence-electron chi connectivity index (χ1n) is 5.11. The molecule has 0 heterocycles. The minimum Gasteiger partial charge on any atom is -0.460 e. The Hall–Kier alpha value is -0.990. The number of hydrogen-bond donors (Lipinski definition) is 1. The lowest BCUT2D eigenvalue weighted by atomic mass is 10.2. The summed E-state index contributed by atoms with van der Waals surface area (Å²) < 4.78 is 5.08. The van der Waals surface area contributed by atoms with Crippen molar-refractivity contribution in [1.82, 2.24) is 5.32 Å². The van der Waals surface area contributed by atoms with E-state index in [9.17, 15) is 4.79 Å². The summed E-state index contributed by atoms with van der Waals surface area (Å²) in [6.07, 6.45) is 0.987. The zero-order chi connectivity index (χ0) is 11.1. The van der Waals surface area contributed by atoms with Gasteiger partial charge in [-0.25, -0.2) is 4.79 Å². The monoisotopic (exact) mass is 199 g/mol. The molecule has 14 heavy (non-hydrogen) atoms. The number of carbonyl (C=O) groups excluding carboxylic acids is 1. The molecule has 0 aromatic carbocycles. The van der Waals surface area contributed by atoms with Gasteiger partial charge in [-0.05, 0) is 34.1 Å². The third kappa shape index (κ3) is 4.90. The fourth-order valence-electron chi connectivity index (χ4n) is 0.901. The summed E-state index contributed by atoms with van der Waals surface area (Å²) in [6.45, 7) is 10.3. The number of carbonyl (C=O) groups is 1. The van der Waals surface area contributed by atoms with Crippen LogP contribution in [0.15, 0.2) is 11.3 Å². The minimum absolute atomic E-state index is 0.0589. The normalized spacial score (nSPS) is 12.4. The fraction of sp³-hybridized carbons (Fsp3) is 0.727. The molecule has 3 heteroatoms. The van der Waals surface area contributed by atoms with Gasteiger partial charge in [0.15, 0.2) is 0 Å². The second-order valence-corrected chi connectivity index (χ2v) is 3.63. The summed E-state index contributed by atoms with van der Waals surface area (Å²) in [5, 5.41) is 3.16. The maximum absolute atomic E-state index is 11.4. The Bertz CT molecular complexity index is 219. The number of hydrogen-bond acceptors (Lipinski definition) is 3. The first-order valence-corrected chi connectivity index (χ1v) is 5.11. The van der Waals surface area contributed by atoms with Crippen LogP contribution in [0, 0.1) is 0 Å². The van der Waals surface area contributed by atoms with Crippen LogP contribution in [-0.2, 0) is 9.53 Å². The highest BCUT2D eigenvalue weighted by Crippen LogP contribution is 2.04. The second-order valence-electron chi connectivity index (χ2n) is 3.63. The van der Waals surface area contributed by atoms with Crippen LogP contribution in [-0.4, -0.2) is 18.6 Å². The lowest BCUT2D eigenvalue weighted by molar-refractivity contribution is -0.142. The molecule has 0 unspecified atom stereocenters. The number of esters is 1. The molecule has 0 aliphatic rings. The molecular weight excluding hydrogens is 178 g/mol. The van der Waals surface area contributed by atoms with Gasteiger partial charge in [-0.3, -0.25) is 0 Å². The average molecular weight is 199 g/mol. The minimum atomic E-state index is -0.235. The van der Waals surface area contributed by atoms with Gasteiger partial charge in [0, 0.05) is 12.2 Å². The van der Waals surface area contributed by atoms with Crippen molar-refractivity contribution in [3.63, 3.8) is 0 Å². The molecule has 0 amide bonds. The Morgan fingerprint density at radius 2 is 1.93 bits per heavy atom. The van der Waals surface area contributed by atoms with Crippen molar-refractivity contribution in [3.8, 4) is 0 Å². The van der Waals surface area contributed by atoms with Crippen LogP contribution >= 0.6 is 0 Å². The summed E-state index contributed by atoms with van der Waals surface area (Å²) in [5.41, 5.74) is 1.56. The molecule has 0 saturated heterocycles. The quantitative estimate of drug-likeness (QED) is 0.545. The molecule has 0 fully saturated rings. The van der Waals surface area contributed by atoms with Gasteiger partial charge in [-0.2, -0.15) is 0 Å². The van der Waals surface area contributed by atoms with E-state index in [0.717, 1.165) is 18.7 Å². The summed E-state index contributed by atoms with van der Waals surface area (Å²) in [4.78, 5) is 11.4. The van der Waals surface area contributed by atoms with Crippen LogP contribution < -0.4 is 5.32 Å². The molecule has 3 nitrogen and oxygen atoms in total. The first-order chi connectivity index (χ1) is 6.49. The Morgan fingerprint density at radius 1 is 1.36 bits per heavy atom. The number of rotatable bonds is 5. The van der Waals surface area contributed by atoms with Gasteiger partial charge in [0.25, 0.3) is 0 Å². The van der Waals surface area contributed by atoms with Gasteiger partial charge >= 0.3 is 5.97 Å². The Labute approximate surface area is 86.5 Å². The highest BCUT2D eigenvalue weighted by atomic mass is 16.5. The zero-order valence-electron chi connectivity index (χ0n) is 9.81. The van der Waals surface area contributed by atoms with Crippen LogP contribution in [0.5, 0.6) is 0 Å². The van der Waals surface area contributed by atoms with Crippen LogP contribution in [0.1, 0.15) is 41.0 Å². The van der Waals surface area contributed by atoms with Gasteiger partial charge in [0.1, 0.15) is 0 Å².